The van der Waals surface area contributed by atoms with Crippen LogP contribution in [-0.4, -0.2) is 62.8 Å². The van der Waals surface area contributed by atoms with E-state index >= 15 is 0 Å². The lowest BCUT2D eigenvalue weighted by Gasteiger charge is -2.26. The zero-order valence-electron chi connectivity index (χ0n) is 19.0. The molecule has 1 N–H and O–H groups in total. The van der Waals surface area contributed by atoms with Gasteiger partial charge >= 0.3 is 0 Å². The van der Waals surface area contributed by atoms with Crippen molar-refractivity contribution in [3.8, 4) is 0 Å². The van der Waals surface area contributed by atoms with Gasteiger partial charge in [-0.2, -0.15) is 4.98 Å². The van der Waals surface area contributed by atoms with Crippen LogP contribution >= 0.6 is 11.6 Å². The van der Waals surface area contributed by atoms with Gasteiger partial charge in [-0.05, 0) is 50.1 Å². The van der Waals surface area contributed by atoms with Crippen LogP contribution in [0, 0.1) is 5.92 Å². The van der Waals surface area contributed by atoms with Gasteiger partial charge in [0, 0.05) is 25.7 Å². The third kappa shape index (κ3) is 3.14. The van der Waals surface area contributed by atoms with Crippen LogP contribution in [0.2, 0.25) is 5.28 Å². The summed E-state index contributed by atoms with van der Waals surface area (Å²) >= 11 is 6.20. The Morgan fingerprint density at radius 2 is 1.76 bits per heavy atom. The highest BCUT2D eigenvalue weighted by atomic mass is 35.5. The summed E-state index contributed by atoms with van der Waals surface area (Å²) in [6, 6.07) is 8.78. The molecular weight excluding hydrogens is 458 g/mol. The lowest BCUT2D eigenvalue weighted by molar-refractivity contribution is -0.160. The standard InChI is InChI=1S/C24H24ClN5O4/c1-24(2)33-17-12(11-30-21(31)13-6-4-5-7-14(13)22(30)32)10-16(18(17)34-24)29-9-8-15-19(26-3)27-23(25)28-20(15)29/h4-9,12,16-18H,10-11H2,1-3H3,(H,26,27,28)/t12-,16-,17-,18+/m1/s1. The van der Waals surface area contributed by atoms with E-state index in [1.807, 2.05) is 26.1 Å². The number of nitrogens with one attached hydrogen (secondary N) is 1. The third-order valence-corrected chi connectivity index (χ3v) is 7.15. The van der Waals surface area contributed by atoms with Crippen LogP contribution in [0.3, 0.4) is 0 Å². The maximum absolute atomic E-state index is 13.0. The number of imide groups is 1. The Labute approximate surface area is 201 Å². The minimum absolute atomic E-state index is 0.0995. The summed E-state index contributed by atoms with van der Waals surface area (Å²) in [6.45, 7) is 4.03. The fraction of sp³-hybridized carbons (Fsp3) is 0.417. The molecule has 0 radical (unpaired) electrons. The predicted octanol–water partition coefficient (Wildman–Crippen LogP) is 3.50. The Hall–Kier alpha value is -3.01. The van der Waals surface area contributed by atoms with Crippen LogP contribution in [0.15, 0.2) is 36.5 Å². The zero-order valence-corrected chi connectivity index (χ0v) is 19.7. The van der Waals surface area contributed by atoms with Crippen LogP contribution < -0.4 is 5.32 Å². The monoisotopic (exact) mass is 481 g/mol. The molecule has 4 heterocycles. The van der Waals surface area contributed by atoms with E-state index in [-0.39, 0.29) is 47.8 Å². The van der Waals surface area contributed by atoms with Gasteiger partial charge in [0.15, 0.2) is 5.79 Å². The van der Waals surface area contributed by atoms with E-state index in [0.29, 0.717) is 29.0 Å². The minimum atomic E-state index is -0.778. The first-order chi connectivity index (χ1) is 16.3. The molecule has 4 atom stereocenters. The molecule has 0 spiro atoms. The van der Waals surface area contributed by atoms with Crippen LogP contribution in [-0.2, 0) is 9.47 Å². The molecule has 2 aliphatic heterocycles. The van der Waals surface area contributed by atoms with Crippen molar-refractivity contribution in [1.82, 2.24) is 19.4 Å². The Kier molecular flexibility index (Phi) is 4.74. The van der Waals surface area contributed by atoms with Gasteiger partial charge < -0.3 is 19.4 Å². The highest BCUT2D eigenvalue weighted by Crippen LogP contribution is 2.48. The van der Waals surface area contributed by atoms with Crippen molar-refractivity contribution < 1.29 is 19.1 Å². The van der Waals surface area contributed by atoms with Crippen molar-refractivity contribution in [2.24, 2.45) is 5.92 Å². The molecule has 2 amide bonds. The van der Waals surface area contributed by atoms with E-state index in [2.05, 4.69) is 19.9 Å². The van der Waals surface area contributed by atoms with Crippen molar-refractivity contribution in [2.45, 2.75) is 44.3 Å². The number of benzene rings is 1. The Balaban J connectivity index is 1.35. The molecule has 34 heavy (non-hydrogen) atoms. The topological polar surface area (TPSA) is 98.6 Å². The van der Waals surface area contributed by atoms with Gasteiger partial charge in [-0.1, -0.05) is 12.1 Å². The second-order valence-corrected chi connectivity index (χ2v) is 9.78. The van der Waals surface area contributed by atoms with Gasteiger partial charge in [-0.25, -0.2) is 4.98 Å². The highest BCUT2D eigenvalue weighted by Gasteiger charge is 2.56. The summed E-state index contributed by atoms with van der Waals surface area (Å²) in [4.78, 5) is 36.1. The van der Waals surface area contributed by atoms with Gasteiger partial charge in [0.05, 0.1) is 28.7 Å². The number of amides is 2. The number of anilines is 1. The van der Waals surface area contributed by atoms with Gasteiger partial charge in [-0.3, -0.25) is 14.5 Å². The van der Waals surface area contributed by atoms with Crippen LogP contribution in [0.1, 0.15) is 47.0 Å². The summed E-state index contributed by atoms with van der Waals surface area (Å²) < 4.78 is 14.7. The number of carbonyl (C=O) groups is 2. The van der Waals surface area contributed by atoms with E-state index in [1.54, 1.807) is 31.3 Å². The van der Waals surface area contributed by atoms with E-state index in [1.165, 1.54) is 4.90 Å². The molecule has 6 rings (SSSR count). The van der Waals surface area contributed by atoms with E-state index < -0.39 is 5.79 Å². The first-order valence-corrected chi connectivity index (χ1v) is 11.7. The normalized spacial score (nSPS) is 27.5. The molecule has 1 saturated carbocycles. The number of nitrogens with zero attached hydrogens (tertiary/aromatic N) is 4. The lowest BCUT2D eigenvalue weighted by Crippen LogP contribution is -2.38. The summed E-state index contributed by atoms with van der Waals surface area (Å²) in [5, 5.41) is 4.07. The first kappa shape index (κ1) is 21.5. The molecule has 9 nitrogen and oxygen atoms in total. The zero-order chi connectivity index (χ0) is 23.8. The lowest BCUT2D eigenvalue weighted by atomic mass is 10.0. The molecule has 1 saturated heterocycles. The first-order valence-electron chi connectivity index (χ1n) is 11.3. The molecule has 2 aromatic heterocycles. The minimum Gasteiger partial charge on any atom is -0.372 e. The van der Waals surface area contributed by atoms with Gasteiger partial charge in [0.1, 0.15) is 17.6 Å². The molecule has 1 aromatic carbocycles. The number of carbonyl (C=O) groups excluding carboxylic acids is 2. The van der Waals surface area contributed by atoms with Crippen molar-refractivity contribution in [1.29, 1.82) is 0 Å². The van der Waals surface area contributed by atoms with Gasteiger partial charge in [0.25, 0.3) is 11.8 Å². The molecule has 176 valence electrons. The molecule has 1 aliphatic carbocycles. The second kappa shape index (κ2) is 7.49. The average molecular weight is 482 g/mol. The summed E-state index contributed by atoms with van der Waals surface area (Å²) in [6.07, 6.45) is 2.07. The Morgan fingerprint density at radius 3 is 2.44 bits per heavy atom. The Morgan fingerprint density at radius 1 is 1.09 bits per heavy atom. The average Bonchev–Trinajstić information content (AvgIpc) is 3.51. The van der Waals surface area contributed by atoms with E-state index in [9.17, 15) is 9.59 Å². The summed E-state index contributed by atoms with van der Waals surface area (Å²) in [7, 11) is 1.79. The molecule has 3 aromatic rings. The molecule has 2 fully saturated rings. The number of rotatable bonds is 4. The van der Waals surface area contributed by atoms with E-state index in [0.717, 1.165) is 5.39 Å². The molecule has 0 unspecified atom stereocenters. The summed E-state index contributed by atoms with van der Waals surface area (Å²) in [5.41, 5.74) is 1.59. The highest BCUT2D eigenvalue weighted by molar-refractivity contribution is 6.28. The second-order valence-electron chi connectivity index (χ2n) is 9.45. The summed E-state index contributed by atoms with van der Waals surface area (Å²) in [5.74, 6) is -0.751. The quantitative estimate of drug-likeness (QED) is 0.449. The predicted molar refractivity (Wildman–Crippen MR) is 125 cm³/mol. The molecule has 0 bridgehead atoms. The molecule has 3 aliphatic rings. The maximum atomic E-state index is 13.0. The van der Waals surface area contributed by atoms with Gasteiger partial charge in [0.2, 0.25) is 5.28 Å². The number of hydrogen-bond donors (Lipinski definition) is 1. The number of halogens is 1. The van der Waals surface area contributed by atoms with Crippen molar-refractivity contribution in [2.75, 3.05) is 18.9 Å². The third-order valence-electron chi connectivity index (χ3n) is 6.99. The Bertz CT molecular complexity index is 1300. The van der Waals surface area contributed by atoms with Gasteiger partial charge in [-0.15, -0.1) is 0 Å². The van der Waals surface area contributed by atoms with Crippen molar-refractivity contribution >= 4 is 40.3 Å². The number of ether oxygens (including phenoxy) is 2. The van der Waals surface area contributed by atoms with Crippen LogP contribution in [0.5, 0.6) is 0 Å². The van der Waals surface area contributed by atoms with Crippen molar-refractivity contribution in [3.05, 3.63) is 52.9 Å². The fourth-order valence-corrected chi connectivity index (χ4v) is 5.78. The van der Waals surface area contributed by atoms with Crippen LogP contribution in [0.25, 0.3) is 11.0 Å². The number of hydrogen-bond acceptors (Lipinski definition) is 7. The number of aromatic nitrogens is 3. The molecular formula is C24H24ClN5O4. The molecule has 10 heteroatoms. The SMILES string of the molecule is CNc1nc(Cl)nc2c1ccn2[C@@H]1C[C@H](CN2C(=O)c3ccccc3C2=O)[C@H]2OC(C)(C)O[C@H]21. The van der Waals surface area contributed by atoms with Crippen LogP contribution in [0.4, 0.5) is 5.82 Å². The smallest absolute Gasteiger partial charge is 0.261 e. The largest absolute Gasteiger partial charge is 0.372 e. The van der Waals surface area contributed by atoms with Crippen molar-refractivity contribution in [3.63, 3.8) is 0 Å². The maximum Gasteiger partial charge on any atom is 0.261 e. The fourth-order valence-electron chi connectivity index (χ4n) is 5.61. The van der Waals surface area contributed by atoms with E-state index in [4.69, 9.17) is 21.1 Å². The number of fused-ring (bicyclic) bond motifs is 3.